The maximum Gasteiger partial charge on any atom is 0.416 e. The number of anilines is 1. The van der Waals surface area contributed by atoms with Gasteiger partial charge in [0.1, 0.15) is 0 Å². The molecule has 32 heavy (non-hydrogen) atoms. The molecule has 0 bridgehead atoms. The molecule has 3 aromatic rings. The lowest BCUT2D eigenvalue weighted by Gasteiger charge is -2.22. The lowest BCUT2D eigenvalue weighted by atomic mass is 9.98. The number of alkyl halides is 3. The highest BCUT2D eigenvalue weighted by molar-refractivity contribution is 7.89. The van der Waals surface area contributed by atoms with Crippen molar-refractivity contribution >= 4 is 15.7 Å². The largest absolute Gasteiger partial charge is 0.416 e. The minimum atomic E-state index is -4.41. The number of rotatable bonds is 7. The summed E-state index contributed by atoms with van der Waals surface area (Å²) in [6.45, 7) is 0. The SMILES string of the molecule is C#CN(C)S(=O)(=O)c1ccc(C(Cc2ccccc2)Nc2ccc(C(F)(F)F)cc2)cc1. The van der Waals surface area contributed by atoms with Crippen LogP contribution in [0, 0.1) is 12.5 Å². The molecule has 0 aliphatic rings. The van der Waals surface area contributed by atoms with Crippen LogP contribution in [0.4, 0.5) is 18.9 Å². The first-order valence-electron chi connectivity index (χ1n) is 9.64. The molecule has 1 unspecified atom stereocenters. The molecule has 0 saturated heterocycles. The van der Waals surface area contributed by atoms with Crippen molar-refractivity contribution in [3.05, 3.63) is 95.6 Å². The van der Waals surface area contributed by atoms with E-state index in [1.54, 1.807) is 12.1 Å². The van der Waals surface area contributed by atoms with E-state index in [0.29, 0.717) is 12.1 Å². The van der Waals surface area contributed by atoms with E-state index in [-0.39, 0.29) is 10.9 Å². The number of nitrogens with one attached hydrogen (secondary N) is 1. The average Bonchev–Trinajstić information content (AvgIpc) is 2.78. The van der Waals surface area contributed by atoms with Crippen LogP contribution < -0.4 is 5.32 Å². The molecule has 0 fully saturated rings. The van der Waals surface area contributed by atoms with Crippen molar-refractivity contribution in [1.29, 1.82) is 0 Å². The van der Waals surface area contributed by atoms with E-state index >= 15 is 0 Å². The van der Waals surface area contributed by atoms with Gasteiger partial charge in [0.25, 0.3) is 10.0 Å². The zero-order chi connectivity index (χ0) is 23.4. The Morgan fingerprint density at radius 3 is 2.09 bits per heavy atom. The fourth-order valence-corrected chi connectivity index (χ4v) is 4.09. The number of halogens is 3. The van der Waals surface area contributed by atoms with Gasteiger partial charge in [-0.15, -0.1) is 0 Å². The van der Waals surface area contributed by atoms with Gasteiger partial charge in [-0.1, -0.05) is 48.9 Å². The number of nitrogens with zero attached hydrogens (tertiary/aromatic N) is 1. The second-order valence-corrected chi connectivity index (χ2v) is 9.10. The summed E-state index contributed by atoms with van der Waals surface area (Å²) < 4.78 is 64.2. The number of terminal acetylenes is 1. The second kappa shape index (κ2) is 9.37. The summed E-state index contributed by atoms with van der Waals surface area (Å²) in [4.78, 5) is 0.0506. The Balaban J connectivity index is 1.90. The Labute approximate surface area is 185 Å². The summed E-state index contributed by atoms with van der Waals surface area (Å²) >= 11 is 0. The highest BCUT2D eigenvalue weighted by atomic mass is 32.2. The van der Waals surface area contributed by atoms with Crippen molar-refractivity contribution in [3.63, 3.8) is 0 Å². The van der Waals surface area contributed by atoms with Crippen molar-refractivity contribution in [1.82, 2.24) is 4.31 Å². The van der Waals surface area contributed by atoms with Gasteiger partial charge in [0.2, 0.25) is 0 Å². The first-order chi connectivity index (χ1) is 15.1. The Morgan fingerprint density at radius 1 is 0.969 bits per heavy atom. The molecule has 1 N–H and O–H groups in total. The van der Waals surface area contributed by atoms with Crippen molar-refractivity contribution < 1.29 is 21.6 Å². The van der Waals surface area contributed by atoms with Crippen LogP contribution in [0.1, 0.15) is 22.7 Å². The summed E-state index contributed by atoms with van der Waals surface area (Å²) in [6, 6.07) is 22.4. The van der Waals surface area contributed by atoms with Crippen LogP contribution in [-0.2, 0) is 22.6 Å². The number of hydrogen-bond acceptors (Lipinski definition) is 3. The van der Waals surface area contributed by atoms with Gasteiger partial charge in [-0.25, -0.2) is 12.7 Å². The van der Waals surface area contributed by atoms with E-state index in [2.05, 4.69) is 11.4 Å². The van der Waals surface area contributed by atoms with Gasteiger partial charge in [0.05, 0.1) is 16.5 Å². The normalized spacial score (nSPS) is 12.6. The van der Waals surface area contributed by atoms with Crippen molar-refractivity contribution in [2.24, 2.45) is 0 Å². The number of benzene rings is 3. The van der Waals surface area contributed by atoms with Crippen LogP contribution >= 0.6 is 0 Å². The minimum Gasteiger partial charge on any atom is -0.378 e. The summed E-state index contributed by atoms with van der Waals surface area (Å²) in [5, 5.41) is 3.26. The molecule has 0 aromatic heterocycles. The lowest BCUT2D eigenvalue weighted by molar-refractivity contribution is -0.137. The molecule has 1 atom stereocenters. The predicted molar refractivity (Wildman–Crippen MR) is 118 cm³/mol. The zero-order valence-corrected chi connectivity index (χ0v) is 18.0. The van der Waals surface area contributed by atoms with Gasteiger partial charge in [-0.05, 0) is 53.9 Å². The van der Waals surface area contributed by atoms with Crippen molar-refractivity contribution in [2.75, 3.05) is 12.4 Å². The molecule has 0 saturated carbocycles. The first kappa shape index (κ1) is 23.2. The van der Waals surface area contributed by atoms with Crippen LogP contribution in [0.3, 0.4) is 0 Å². The third kappa shape index (κ3) is 5.42. The summed E-state index contributed by atoms with van der Waals surface area (Å²) in [7, 11) is -2.51. The van der Waals surface area contributed by atoms with Crippen molar-refractivity contribution in [3.8, 4) is 12.5 Å². The fourth-order valence-electron chi connectivity index (χ4n) is 3.16. The quantitative estimate of drug-likeness (QED) is 0.386. The van der Waals surface area contributed by atoms with Crippen molar-refractivity contribution in [2.45, 2.75) is 23.5 Å². The topological polar surface area (TPSA) is 49.4 Å². The third-order valence-corrected chi connectivity index (χ3v) is 6.65. The van der Waals surface area contributed by atoms with Gasteiger partial charge in [-0.2, -0.15) is 13.2 Å². The van der Waals surface area contributed by atoms with Crippen LogP contribution in [0.25, 0.3) is 0 Å². The molecule has 4 nitrogen and oxygen atoms in total. The summed E-state index contributed by atoms with van der Waals surface area (Å²) in [6.07, 6.45) is 1.33. The van der Waals surface area contributed by atoms with Crippen LogP contribution in [0.15, 0.2) is 83.8 Å². The molecule has 0 amide bonds. The Morgan fingerprint density at radius 2 is 1.56 bits per heavy atom. The van der Waals surface area contributed by atoms with Gasteiger partial charge >= 0.3 is 6.18 Å². The molecule has 0 radical (unpaired) electrons. The highest BCUT2D eigenvalue weighted by Crippen LogP contribution is 2.31. The van der Waals surface area contributed by atoms with Gasteiger partial charge < -0.3 is 5.32 Å². The van der Waals surface area contributed by atoms with E-state index in [1.165, 1.54) is 31.3 Å². The van der Waals surface area contributed by atoms with E-state index in [4.69, 9.17) is 6.42 Å². The molecule has 3 aromatic carbocycles. The second-order valence-electron chi connectivity index (χ2n) is 7.13. The van der Waals surface area contributed by atoms with E-state index in [9.17, 15) is 21.6 Å². The van der Waals surface area contributed by atoms with Crippen LogP contribution in [-0.4, -0.2) is 19.8 Å². The van der Waals surface area contributed by atoms with Crippen LogP contribution in [0.2, 0.25) is 0 Å². The Kier molecular flexibility index (Phi) is 6.80. The summed E-state index contributed by atoms with van der Waals surface area (Å²) in [5.41, 5.74) is 1.58. The van der Waals surface area contributed by atoms with Crippen LogP contribution in [0.5, 0.6) is 0 Å². The number of hydrogen-bond donors (Lipinski definition) is 1. The molecule has 0 aliphatic carbocycles. The van der Waals surface area contributed by atoms with Gasteiger partial charge in [-0.3, -0.25) is 0 Å². The Bertz CT molecular complexity index is 1190. The zero-order valence-electron chi connectivity index (χ0n) is 17.2. The maximum atomic E-state index is 12.9. The van der Waals surface area contributed by atoms with Gasteiger partial charge in [0.15, 0.2) is 0 Å². The fraction of sp³-hybridized carbons (Fsp3) is 0.167. The van der Waals surface area contributed by atoms with E-state index in [1.807, 2.05) is 30.3 Å². The molecule has 0 spiro atoms. The molecule has 166 valence electrons. The molecular weight excluding hydrogens is 437 g/mol. The first-order valence-corrected chi connectivity index (χ1v) is 11.1. The standard InChI is InChI=1S/C24H21F3N2O2S/c1-3-29(2)32(30,31)22-15-9-19(10-16-22)23(17-18-7-5-4-6-8-18)28-21-13-11-20(12-14-21)24(25,26)27/h1,4-16,23,28H,17H2,2H3. The van der Waals surface area contributed by atoms with E-state index < -0.39 is 21.8 Å². The molecule has 0 aliphatic heterocycles. The van der Waals surface area contributed by atoms with Gasteiger partial charge in [0, 0.05) is 18.8 Å². The Hall–Kier alpha value is -3.44. The lowest BCUT2D eigenvalue weighted by Crippen LogP contribution is -2.22. The molecule has 8 heteroatoms. The smallest absolute Gasteiger partial charge is 0.378 e. The summed E-state index contributed by atoms with van der Waals surface area (Å²) in [5.74, 6) is 0. The predicted octanol–water partition coefficient (Wildman–Crippen LogP) is 5.31. The number of sulfonamides is 1. The molecule has 3 rings (SSSR count). The average molecular weight is 459 g/mol. The minimum absolute atomic E-state index is 0.0506. The molecule has 0 heterocycles. The highest BCUT2D eigenvalue weighted by Gasteiger charge is 2.30. The third-order valence-electron chi connectivity index (χ3n) is 4.96. The van der Waals surface area contributed by atoms with E-state index in [0.717, 1.165) is 27.6 Å². The maximum absolute atomic E-state index is 12.9. The monoisotopic (exact) mass is 458 g/mol. The molecular formula is C24H21F3N2O2S.